The molecule has 1 aliphatic heterocycles. The van der Waals surface area contributed by atoms with Crippen LogP contribution in [0.15, 0.2) is 24.3 Å². The Labute approximate surface area is 101 Å². The lowest BCUT2D eigenvalue weighted by Gasteiger charge is -2.27. The average Bonchev–Trinajstić information content (AvgIpc) is 2.40. The number of morpholine rings is 1. The second-order valence-electron chi connectivity index (χ2n) is 4.14. The molecule has 0 bridgehead atoms. The van der Waals surface area contributed by atoms with Gasteiger partial charge in [0.2, 0.25) is 5.91 Å². The molecule has 0 saturated carbocycles. The first-order valence-corrected chi connectivity index (χ1v) is 5.93. The van der Waals surface area contributed by atoms with Crippen molar-refractivity contribution in [3.8, 4) is 0 Å². The standard InChI is InChI=1S/C13H18N2O2/c14-10-12-4-2-1-3-11(12)9-13(16)15-5-7-17-8-6-15/h1-4H,5-10,14H2. The minimum absolute atomic E-state index is 0.161. The number of hydrogen-bond acceptors (Lipinski definition) is 3. The minimum Gasteiger partial charge on any atom is -0.378 e. The molecule has 1 saturated heterocycles. The van der Waals surface area contributed by atoms with Crippen LogP contribution in [-0.4, -0.2) is 37.1 Å². The maximum Gasteiger partial charge on any atom is 0.227 e. The molecular formula is C13H18N2O2. The summed E-state index contributed by atoms with van der Waals surface area (Å²) in [5.41, 5.74) is 7.74. The van der Waals surface area contributed by atoms with E-state index in [0.717, 1.165) is 11.1 Å². The van der Waals surface area contributed by atoms with Gasteiger partial charge in [0.25, 0.3) is 0 Å². The fraction of sp³-hybridized carbons (Fsp3) is 0.462. The van der Waals surface area contributed by atoms with Crippen LogP contribution in [0.4, 0.5) is 0 Å². The van der Waals surface area contributed by atoms with Gasteiger partial charge in [0.15, 0.2) is 0 Å². The van der Waals surface area contributed by atoms with E-state index in [4.69, 9.17) is 10.5 Å². The Morgan fingerprint density at radius 3 is 2.53 bits per heavy atom. The first-order chi connectivity index (χ1) is 8.31. The molecular weight excluding hydrogens is 216 g/mol. The van der Waals surface area contributed by atoms with Crippen LogP contribution < -0.4 is 5.73 Å². The Morgan fingerprint density at radius 1 is 1.24 bits per heavy atom. The van der Waals surface area contributed by atoms with Gasteiger partial charge in [-0.1, -0.05) is 24.3 Å². The number of nitrogens with zero attached hydrogens (tertiary/aromatic N) is 1. The Kier molecular flexibility index (Phi) is 4.12. The molecule has 4 heteroatoms. The van der Waals surface area contributed by atoms with Gasteiger partial charge in [-0.05, 0) is 11.1 Å². The van der Waals surface area contributed by atoms with E-state index in [1.807, 2.05) is 29.2 Å². The van der Waals surface area contributed by atoms with Crippen molar-refractivity contribution in [2.75, 3.05) is 26.3 Å². The summed E-state index contributed by atoms with van der Waals surface area (Å²) in [5.74, 6) is 0.161. The third-order valence-electron chi connectivity index (χ3n) is 3.04. The van der Waals surface area contributed by atoms with E-state index in [2.05, 4.69) is 0 Å². The highest BCUT2D eigenvalue weighted by Gasteiger charge is 2.17. The minimum atomic E-state index is 0.161. The highest BCUT2D eigenvalue weighted by atomic mass is 16.5. The molecule has 1 amide bonds. The number of rotatable bonds is 3. The van der Waals surface area contributed by atoms with Crippen molar-refractivity contribution in [1.82, 2.24) is 4.90 Å². The predicted octanol–water partition coefficient (Wildman–Crippen LogP) is 0.547. The van der Waals surface area contributed by atoms with Crippen molar-refractivity contribution < 1.29 is 9.53 Å². The molecule has 0 aliphatic carbocycles. The zero-order valence-electron chi connectivity index (χ0n) is 9.89. The lowest BCUT2D eigenvalue weighted by atomic mass is 10.0. The summed E-state index contributed by atoms with van der Waals surface area (Å²) < 4.78 is 5.23. The van der Waals surface area contributed by atoms with Crippen molar-refractivity contribution in [3.05, 3.63) is 35.4 Å². The number of hydrogen-bond donors (Lipinski definition) is 1. The monoisotopic (exact) mass is 234 g/mol. The average molecular weight is 234 g/mol. The fourth-order valence-corrected chi connectivity index (χ4v) is 2.02. The third kappa shape index (κ3) is 3.05. The largest absolute Gasteiger partial charge is 0.378 e. The molecule has 2 N–H and O–H groups in total. The normalized spacial score (nSPS) is 15.9. The van der Waals surface area contributed by atoms with Crippen molar-refractivity contribution in [1.29, 1.82) is 0 Å². The number of carbonyl (C=O) groups excluding carboxylic acids is 1. The van der Waals surface area contributed by atoms with Gasteiger partial charge >= 0.3 is 0 Å². The quantitative estimate of drug-likeness (QED) is 0.830. The van der Waals surface area contributed by atoms with Crippen molar-refractivity contribution >= 4 is 5.91 Å². The summed E-state index contributed by atoms with van der Waals surface area (Å²) in [6.07, 6.45) is 0.438. The molecule has 0 unspecified atom stereocenters. The first kappa shape index (κ1) is 12.1. The Bertz CT molecular complexity index is 387. The molecule has 1 aromatic rings. The molecule has 1 fully saturated rings. The molecule has 0 atom stereocenters. The van der Waals surface area contributed by atoms with Gasteiger partial charge in [-0.2, -0.15) is 0 Å². The number of amides is 1. The summed E-state index contributed by atoms with van der Waals surface area (Å²) in [4.78, 5) is 13.9. The van der Waals surface area contributed by atoms with Crippen LogP contribution in [0.25, 0.3) is 0 Å². The van der Waals surface area contributed by atoms with Gasteiger partial charge in [-0.15, -0.1) is 0 Å². The van der Waals surface area contributed by atoms with Crippen LogP contribution >= 0.6 is 0 Å². The molecule has 0 radical (unpaired) electrons. The SMILES string of the molecule is NCc1ccccc1CC(=O)N1CCOCC1. The van der Waals surface area contributed by atoms with Gasteiger partial charge in [0.05, 0.1) is 19.6 Å². The van der Waals surface area contributed by atoms with Gasteiger partial charge < -0.3 is 15.4 Å². The Morgan fingerprint density at radius 2 is 1.88 bits per heavy atom. The second kappa shape index (κ2) is 5.80. The van der Waals surface area contributed by atoms with Gasteiger partial charge in [0, 0.05) is 19.6 Å². The van der Waals surface area contributed by atoms with Crippen molar-refractivity contribution in [3.63, 3.8) is 0 Å². The van der Waals surface area contributed by atoms with Crippen LogP contribution in [0.5, 0.6) is 0 Å². The number of nitrogens with two attached hydrogens (primary N) is 1. The molecule has 0 spiro atoms. The first-order valence-electron chi connectivity index (χ1n) is 5.93. The van der Waals surface area contributed by atoms with Crippen LogP contribution in [0, 0.1) is 0 Å². The zero-order valence-corrected chi connectivity index (χ0v) is 9.89. The zero-order chi connectivity index (χ0) is 12.1. The second-order valence-corrected chi connectivity index (χ2v) is 4.14. The van der Waals surface area contributed by atoms with Crippen LogP contribution in [0.2, 0.25) is 0 Å². The van der Waals surface area contributed by atoms with Crippen molar-refractivity contribution in [2.24, 2.45) is 5.73 Å². The van der Waals surface area contributed by atoms with E-state index >= 15 is 0 Å². The van der Waals surface area contributed by atoms with Gasteiger partial charge in [-0.25, -0.2) is 0 Å². The van der Waals surface area contributed by atoms with E-state index in [-0.39, 0.29) is 5.91 Å². The maximum atomic E-state index is 12.1. The molecule has 17 heavy (non-hydrogen) atoms. The Hall–Kier alpha value is -1.39. The molecule has 2 rings (SSSR count). The number of benzene rings is 1. The van der Waals surface area contributed by atoms with E-state index < -0.39 is 0 Å². The maximum absolute atomic E-state index is 12.1. The molecule has 0 aromatic heterocycles. The van der Waals surface area contributed by atoms with Gasteiger partial charge in [0.1, 0.15) is 0 Å². The lowest BCUT2D eigenvalue weighted by Crippen LogP contribution is -2.41. The summed E-state index contributed by atoms with van der Waals surface area (Å²) in [5, 5.41) is 0. The highest BCUT2D eigenvalue weighted by molar-refractivity contribution is 5.79. The van der Waals surface area contributed by atoms with Crippen LogP contribution in [0.1, 0.15) is 11.1 Å². The smallest absolute Gasteiger partial charge is 0.227 e. The fourth-order valence-electron chi connectivity index (χ4n) is 2.02. The molecule has 4 nitrogen and oxygen atoms in total. The summed E-state index contributed by atoms with van der Waals surface area (Å²) in [6, 6.07) is 7.84. The Balaban J connectivity index is 2.01. The number of ether oxygens (including phenoxy) is 1. The van der Waals surface area contributed by atoms with Crippen molar-refractivity contribution in [2.45, 2.75) is 13.0 Å². The number of carbonyl (C=O) groups is 1. The third-order valence-corrected chi connectivity index (χ3v) is 3.04. The van der Waals surface area contributed by atoms with Gasteiger partial charge in [-0.3, -0.25) is 4.79 Å². The lowest BCUT2D eigenvalue weighted by molar-refractivity contribution is -0.134. The van der Waals surface area contributed by atoms with E-state index in [9.17, 15) is 4.79 Å². The summed E-state index contributed by atoms with van der Waals surface area (Å²) in [6.45, 7) is 3.16. The molecule has 1 heterocycles. The molecule has 1 aliphatic rings. The summed E-state index contributed by atoms with van der Waals surface area (Å²) in [7, 11) is 0. The topological polar surface area (TPSA) is 55.6 Å². The van der Waals surface area contributed by atoms with E-state index in [1.54, 1.807) is 0 Å². The summed E-state index contributed by atoms with van der Waals surface area (Å²) >= 11 is 0. The van der Waals surface area contributed by atoms with E-state index in [0.29, 0.717) is 39.3 Å². The van der Waals surface area contributed by atoms with E-state index in [1.165, 1.54) is 0 Å². The van der Waals surface area contributed by atoms with Crippen LogP contribution in [-0.2, 0) is 22.5 Å². The van der Waals surface area contributed by atoms with Crippen LogP contribution in [0.3, 0.4) is 0 Å². The molecule has 92 valence electrons. The molecule has 1 aromatic carbocycles. The highest BCUT2D eigenvalue weighted by Crippen LogP contribution is 2.11. The predicted molar refractivity (Wildman–Crippen MR) is 65.4 cm³/mol.